The van der Waals surface area contributed by atoms with E-state index < -0.39 is 6.61 Å². The molecule has 0 saturated heterocycles. The molecule has 7 heteroatoms. The van der Waals surface area contributed by atoms with Crippen LogP contribution in [0.2, 0.25) is 0 Å². The van der Waals surface area contributed by atoms with Crippen LogP contribution in [-0.4, -0.2) is 19.6 Å². The predicted molar refractivity (Wildman–Crippen MR) is 69.5 cm³/mol. The highest BCUT2D eigenvalue weighted by molar-refractivity contribution is 5.94. The molecule has 0 radical (unpaired) electrons. The smallest absolute Gasteiger partial charge is 0.387 e. The molecule has 0 unspecified atom stereocenters. The number of carbonyl (C=O) groups is 1. The largest absolute Gasteiger partial charge is 0.493 e. The Hall–Kier alpha value is -2.57. The zero-order valence-electron chi connectivity index (χ0n) is 11.1. The summed E-state index contributed by atoms with van der Waals surface area (Å²) in [6.07, 6.45) is 1.50. The number of furan rings is 1. The monoisotopic (exact) mass is 297 g/mol. The number of amides is 1. The van der Waals surface area contributed by atoms with Gasteiger partial charge in [-0.2, -0.15) is 8.78 Å². The predicted octanol–water partition coefficient (Wildman–Crippen LogP) is 2.82. The summed E-state index contributed by atoms with van der Waals surface area (Å²) in [6, 6.07) is 7.39. The molecule has 1 aromatic carbocycles. The van der Waals surface area contributed by atoms with Gasteiger partial charge in [-0.3, -0.25) is 4.79 Å². The number of rotatable bonds is 6. The Morgan fingerprint density at radius 3 is 2.76 bits per heavy atom. The summed E-state index contributed by atoms with van der Waals surface area (Å²) in [5, 5.41) is 2.64. The Morgan fingerprint density at radius 1 is 1.33 bits per heavy atom. The van der Waals surface area contributed by atoms with Gasteiger partial charge in [-0.1, -0.05) is 0 Å². The van der Waals surface area contributed by atoms with Crippen LogP contribution >= 0.6 is 0 Å². The van der Waals surface area contributed by atoms with Crippen molar-refractivity contribution in [2.45, 2.75) is 13.2 Å². The second-order valence-corrected chi connectivity index (χ2v) is 4.01. The molecular formula is C14H13F2NO4. The van der Waals surface area contributed by atoms with Gasteiger partial charge < -0.3 is 19.2 Å². The van der Waals surface area contributed by atoms with Crippen LogP contribution in [0.4, 0.5) is 8.78 Å². The molecule has 0 fully saturated rings. The van der Waals surface area contributed by atoms with Crippen LogP contribution in [0.3, 0.4) is 0 Å². The summed E-state index contributed by atoms with van der Waals surface area (Å²) in [5.41, 5.74) is 0.264. The van der Waals surface area contributed by atoms with Crippen LogP contribution in [-0.2, 0) is 6.54 Å². The minimum Gasteiger partial charge on any atom is -0.493 e. The molecule has 1 amide bonds. The van der Waals surface area contributed by atoms with Gasteiger partial charge in [0, 0.05) is 5.56 Å². The minimum atomic E-state index is -2.96. The number of nitrogens with one attached hydrogen (secondary N) is 1. The van der Waals surface area contributed by atoms with Gasteiger partial charge in [-0.05, 0) is 30.3 Å². The lowest BCUT2D eigenvalue weighted by molar-refractivity contribution is -0.0512. The SMILES string of the molecule is COc1cc(C(=O)NCc2ccco2)ccc1OC(F)F. The maximum atomic E-state index is 12.2. The van der Waals surface area contributed by atoms with Crippen LogP contribution in [0.5, 0.6) is 11.5 Å². The first kappa shape index (κ1) is 14.8. The zero-order chi connectivity index (χ0) is 15.2. The molecule has 1 aromatic heterocycles. The van der Waals surface area contributed by atoms with Gasteiger partial charge in [0.05, 0.1) is 19.9 Å². The average Bonchev–Trinajstić information content (AvgIpc) is 2.98. The summed E-state index contributed by atoms with van der Waals surface area (Å²) in [6.45, 7) is -2.73. The number of alkyl halides is 2. The summed E-state index contributed by atoms with van der Waals surface area (Å²) >= 11 is 0. The first-order valence-corrected chi connectivity index (χ1v) is 6.03. The molecule has 112 valence electrons. The van der Waals surface area contributed by atoms with E-state index in [9.17, 15) is 13.6 Å². The van der Waals surface area contributed by atoms with Crippen LogP contribution in [0.1, 0.15) is 16.1 Å². The van der Waals surface area contributed by atoms with Gasteiger partial charge >= 0.3 is 6.61 Å². The highest BCUT2D eigenvalue weighted by atomic mass is 19.3. The highest BCUT2D eigenvalue weighted by Crippen LogP contribution is 2.29. The lowest BCUT2D eigenvalue weighted by atomic mass is 10.2. The standard InChI is InChI=1S/C14H13F2NO4/c1-19-12-7-9(4-5-11(12)21-14(15)16)13(18)17-8-10-3-2-6-20-10/h2-7,14H,8H2,1H3,(H,17,18). The Balaban J connectivity index is 2.07. The third-order valence-electron chi connectivity index (χ3n) is 2.65. The molecule has 1 heterocycles. The molecule has 0 bridgehead atoms. The number of hydrogen-bond acceptors (Lipinski definition) is 4. The maximum Gasteiger partial charge on any atom is 0.387 e. The van der Waals surface area contributed by atoms with Crippen LogP contribution in [0, 0.1) is 0 Å². The van der Waals surface area contributed by atoms with Crippen molar-refractivity contribution in [3.8, 4) is 11.5 Å². The molecule has 2 aromatic rings. The first-order chi connectivity index (χ1) is 10.1. The summed E-state index contributed by atoms with van der Waals surface area (Å²) in [5.74, 6) is 0.150. The highest BCUT2D eigenvalue weighted by Gasteiger charge is 2.14. The van der Waals surface area contributed by atoms with E-state index >= 15 is 0 Å². The van der Waals surface area contributed by atoms with Crippen molar-refractivity contribution in [1.82, 2.24) is 5.32 Å². The van der Waals surface area contributed by atoms with Crippen molar-refractivity contribution in [2.24, 2.45) is 0 Å². The summed E-state index contributed by atoms with van der Waals surface area (Å²) in [7, 11) is 1.30. The normalized spacial score (nSPS) is 10.5. The third kappa shape index (κ3) is 3.95. The van der Waals surface area contributed by atoms with Gasteiger partial charge in [0.25, 0.3) is 5.91 Å². The lowest BCUT2D eigenvalue weighted by Gasteiger charge is -2.11. The molecule has 0 spiro atoms. The van der Waals surface area contributed by atoms with Gasteiger partial charge in [-0.25, -0.2) is 0 Å². The third-order valence-corrected chi connectivity index (χ3v) is 2.65. The Morgan fingerprint density at radius 2 is 2.14 bits per heavy atom. The molecule has 1 N–H and O–H groups in total. The van der Waals surface area contributed by atoms with E-state index in [-0.39, 0.29) is 29.5 Å². The molecule has 0 aliphatic carbocycles. The van der Waals surface area contributed by atoms with Crippen LogP contribution < -0.4 is 14.8 Å². The fraction of sp³-hybridized carbons (Fsp3) is 0.214. The van der Waals surface area contributed by atoms with E-state index in [0.29, 0.717) is 5.76 Å². The van der Waals surface area contributed by atoms with E-state index in [1.165, 1.54) is 31.6 Å². The van der Waals surface area contributed by atoms with Crippen LogP contribution in [0.15, 0.2) is 41.0 Å². The van der Waals surface area contributed by atoms with Crippen LogP contribution in [0.25, 0.3) is 0 Å². The molecule has 0 aliphatic heterocycles. The molecule has 2 rings (SSSR count). The van der Waals surface area contributed by atoms with Crippen molar-refractivity contribution in [1.29, 1.82) is 0 Å². The van der Waals surface area contributed by atoms with Gasteiger partial charge in [-0.15, -0.1) is 0 Å². The molecule has 0 saturated carbocycles. The van der Waals surface area contributed by atoms with E-state index in [1.54, 1.807) is 12.1 Å². The number of halogens is 2. The molecular weight excluding hydrogens is 284 g/mol. The number of methoxy groups -OCH3 is 1. The molecule has 0 atom stereocenters. The number of hydrogen-bond donors (Lipinski definition) is 1. The molecule has 0 aliphatic rings. The van der Waals surface area contributed by atoms with Gasteiger partial charge in [0.2, 0.25) is 0 Å². The lowest BCUT2D eigenvalue weighted by Crippen LogP contribution is -2.22. The minimum absolute atomic E-state index is 0.0564. The van der Waals surface area contributed by atoms with Crippen molar-refractivity contribution in [3.05, 3.63) is 47.9 Å². The topological polar surface area (TPSA) is 60.7 Å². The molecule has 5 nitrogen and oxygen atoms in total. The quantitative estimate of drug-likeness (QED) is 0.890. The zero-order valence-corrected chi connectivity index (χ0v) is 11.1. The Kier molecular flexibility index (Phi) is 4.76. The van der Waals surface area contributed by atoms with Crippen molar-refractivity contribution in [3.63, 3.8) is 0 Å². The summed E-state index contributed by atoms with van der Waals surface area (Å²) in [4.78, 5) is 11.9. The fourth-order valence-corrected chi connectivity index (χ4v) is 1.68. The Labute approximate surface area is 119 Å². The molecule has 21 heavy (non-hydrogen) atoms. The van der Waals surface area contributed by atoms with Gasteiger partial charge in [0.1, 0.15) is 5.76 Å². The van der Waals surface area contributed by atoms with E-state index in [0.717, 1.165) is 0 Å². The number of carbonyl (C=O) groups excluding carboxylic acids is 1. The van der Waals surface area contributed by atoms with E-state index in [4.69, 9.17) is 9.15 Å². The van der Waals surface area contributed by atoms with E-state index in [1.807, 2.05) is 0 Å². The summed E-state index contributed by atoms with van der Waals surface area (Å²) < 4.78 is 38.7. The number of ether oxygens (including phenoxy) is 2. The fourth-order valence-electron chi connectivity index (χ4n) is 1.68. The first-order valence-electron chi connectivity index (χ1n) is 6.03. The Bertz CT molecular complexity index is 599. The van der Waals surface area contributed by atoms with Crippen molar-refractivity contribution < 1.29 is 27.5 Å². The average molecular weight is 297 g/mol. The second kappa shape index (κ2) is 6.74. The number of benzene rings is 1. The van der Waals surface area contributed by atoms with E-state index in [2.05, 4.69) is 10.1 Å². The van der Waals surface area contributed by atoms with Crippen molar-refractivity contribution in [2.75, 3.05) is 7.11 Å². The maximum absolute atomic E-state index is 12.2. The van der Waals surface area contributed by atoms with Crippen molar-refractivity contribution >= 4 is 5.91 Å². The van der Waals surface area contributed by atoms with Gasteiger partial charge in [0.15, 0.2) is 11.5 Å². The second-order valence-electron chi connectivity index (χ2n) is 4.01.